The number of β-lactam (4-membered cyclic amide) rings is 1. The molecular formula is C21H27N9O4S. The van der Waals surface area contributed by atoms with Crippen LogP contribution in [0.4, 0.5) is 4.79 Å². The van der Waals surface area contributed by atoms with Gasteiger partial charge in [-0.2, -0.15) is 5.21 Å². The monoisotopic (exact) mass is 501 g/mol. The average molecular weight is 502 g/mol. The highest BCUT2D eigenvalue weighted by Crippen LogP contribution is 2.56. The summed E-state index contributed by atoms with van der Waals surface area (Å²) in [6.45, 7) is 5.83. The fraction of sp³-hybridized carbons (Fsp3) is 0.476. The highest BCUT2D eigenvalue weighted by molar-refractivity contribution is 8.01. The van der Waals surface area contributed by atoms with Gasteiger partial charge in [0.1, 0.15) is 23.5 Å². The Morgan fingerprint density at radius 3 is 2.60 bits per heavy atom. The SMILES string of the molecule is CCNC(=O)NCC(=O)N[C@@H](C(=O)NC1C(=O)N2C(c3nn[nH]n3)C(C)(C)S[C@H]12)c1ccccc1. The van der Waals surface area contributed by atoms with Crippen LogP contribution in [0.3, 0.4) is 0 Å². The molecule has 5 N–H and O–H groups in total. The molecule has 0 bridgehead atoms. The van der Waals surface area contributed by atoms with Crippen LogP contribution in [0.25, 0.3) is 0 Å². The van der Waals surface area contributed by atoms with Gasteiger partial charge in [0.25, 0.3) is 0 Å². The van der Waals surface area contributed by atoms with E-state index >= 15 is 0 Å². The molecule has 4 rings (SSSR count). The van der Waals surface area contributed by atoms with E-state index in [-0.39, 0.29) is 23.9 Å². The summed E-state index contributed by atoms with van der Waals surface area (Å²) in [6.07, 6.45) is 0. The van der Waals surface area contributed by atoms with Gasteiger partial charge in [0.2, 0.25) is 17.7 Å². The van der Waals surface area contributed by atoms with Crippen LogP contribution in [0, 0.1) is 0 Å². The number of rotatable bonds is 8. The first-order chi connectivity index (χ1) is 16.7. The second-order valence-electron chi connectivity index (χ2n) is 8.64. The number of aromatic nitrogens is 4. The fourth-order valence-corrected chi connectivity index (χ4v) is 5.86. The molecule has 2 aliphatic rings. The lowest BCUT2D eigenvalue weighted by atomic mass is 9.95. The second-order valence-corrected chi connectivity index (χ2v) is 10.4. The van der Waals surface area contributed by atoms with E-state index in [2.05, 4.69) is 41.9 Å². The van der Waals surface area contributed by atoms with Crippen molar-refractivity contribution >= 4 is 35.5 Å². The maximum absolute atomic E-state index is 13.3. The molecule has 35 heavy (non-hydrogen) atoms. The number of thioether (sulfide) groups is 1. The van der Waals surface area contributed by atoms with Gasteiger partial charge in [0, 0.05) is 11.3 Å². The van der Waals surface area contributed by atoms with E-state index < -0.39 is 34.7 Å². The zero-order chi connectivity index (χ0) is 25.2. The number of nitrogens with zero attached hydrogens (tertiary/aromatic N) is 4. The Morgan fingerprint density at radius 2 is 1.94 bits per heavy atom. The van der Waals surface area contributed by atoms with Crippen molar-refractivity contribution in [2.24, 2.45) is 0 Å². The van der Waals surface area contributed by atoms with Gasteiger partial charge < -0.3 is 26.2 Å². The number of aromatic amines is 1. The number of benzene rings is 1. The average Bonchev–Trinajstić information content (AvgIpc) is 3.44. The molecule has 2 aromatic rings. The van der Waals surface area contributed by atoms with Crippen molar-refractivity contribution in [2.45, 2.75) is 49.0 Å². The normalized spacial score (nSPS) is 23.0. The number of carbonyl (C=O) groups is 4. The quantitative estimate of drug-likeness (QED) is 0.304. The Kier molecular flexibility index (Phi) is 6.91. The van der Waals surface area contributed by atoms with Crippen LogP contribution >= 0.6 is 11.8 Å². The Morgan fingerprint density at radius 1 is 1.20 bits per heavy atom. The maximum atomic E-state index is 13.3. The lowest BCUT2D eigenvalue weighted by Gasteiger charge is -2.44. The van der Waals surface area contributed by atoms with E-state index in [1.165, 1.54) is 0 Å². The number of H-pyrrole nitrogens is 1. The lowest BCUT2D eigenvalue weighted by Crippen LogP contribution is -2.68. The minimum atomic E-state index is -1.05. The summed E-state index contributed by atoms with van der Waals surface area (Å²) in [6, 6.07) is 6.01. The van der Waals surface area contributed by atoms with Crippen LogP contribution < -0.4 is 21.3 Å². The third kappa shape index (κ3) is 4.92. The smallest absolute Gasteiger partial charge is 0.315 e. The summed E-state index contributed by atoms with van der Waals surface area (Å²) < 4.78 is -0.401. The van der Waals surface area contributed by atoms with Crippen molar-refractivity contribution in [3.8, 4) is 0 Å². The molecule has 4 atom stereocenters. The zero-order valence-electron chi connectivity index (χ0n) is 19.4. The van der Waals surface area contributed by atoms with E-state index in [1.54, 1.807) is 53.9 Å². The van der Waals surface area contributed by atoms with Crippen molar-refractivity contribution in [2.75, 3.05) is 13.1 Å². The molecule has 0 spiro atoms. The number of tetrazole rings is 1. The van der Waals surface area contributed by atoms with Gasteiger partial charge in [-0.05, 0) is 26.3 Å². The molecule has 14 heteroatoms. The number of carbonyl (C=O) groups excluding carboxylic acids is 4. The number of amides is 5. The van der Waals surface area contributed by atoms with Crippen LogP contribution in [-0.4, -0.2) is 78.5 Å². The molecule has 0 saturated carbocycles. The Hall–Kier alpha value is -3.68. The molecule has 0 radical (unpaired) electrons. The summed E-state index contributed by atoms with van der Waals surface area (Å²) in [5, 5.41) is 24.2. The van der Waals surface area contributed by atoms with E-state index in [4.69, 9.17) is 0 Å². The molecule has 5 amide bonds. The van der Waals surface area contributed by atoms with Gasteiger partial charge in [0.05, 0.1) is 6.54 Å². The number of fused-ring (bicyclic) bond motifs is 1. The Labute approximate surface area is 205 Å². The van der Waals surface area contributed by atoms with Crippen LogP contribution in [0.1, 0.15) is 44.2 Å². The predicted molar refractivity (Wildman–Crippen MR) is 126 cm³/mol. The van der Waals surface area contributed by atoms with Crippen LogP contribution in [-0.2, 0) is 14.4 Å². The molecule has 2 aliphatic heterocycles. The summed E-state index contributed by atoms with van der Waals surface area (Å²) >= 11 is 1.54. The molecular weight excluding hydrogens is 474 g/mol. The number of hydrogen-bond acceptors (Lipinski definition) is 8. The van der Waals surface area contributed by atoms with Gasteiger partial charge in [0.15, 0.2) is 5.82 Å². The molecule has 1 aromatic carbocycles. The molecule has 2 saturated heterocycles. The fourth-order valence-electron chi connectivity index (χ4n) is 4.23. The van der Waals surface area contributed by atoms with Crippen molar-refractivity contribution in [1.82, 2.24) is 46.8 Å². The first-order valence-corrected chi connectivity index (χ1v) is 12.0. The summed E-state index contributed by atoms with van der Waals surface area (Å²) in [5.74, 6) is -0.915. The van der Waals surface area contributed by atoms with Crippen molar-refractivity contribution in [3.63, 3.8) is 0 Å². The Bertz CT molecular complexity index is 1100. The van der Waals surface area contributed by atoms with E-state index in [0.29, 0.717) is 17.9 Å². The van der Waals surface area contributed by atoms with Gasteiger partial charge in [-0.15, -0.1) is 22.0 Å². The second kappa shape index (κ2) is 9.90. The molecule has 1 aromatic heterocycles. The topological polar surface area (TPSA) is 174 Å². The first-order valence-electron chi connectivity index (χ1n) is 11.1. The molecule has 13 nitrogen and oxygen atoms in total. The van der Waals surface area contributed by atoms with Crippen LogP contribution in [0.2, 0.25) is 0 Å². The summed E-state index contributed by atoms with van der Waals surface area (Å²) in [7, 11) is 0. The highest BCUT2D eigenvalue weighted by Gasteiger charge is 2.63. The van der Waals surface area contributed by atoms with Gasteiger partial charge in [-0.1, -0.05) is 35.5 Å². The molecule has 2 unspecified atom stereocenters. The summed E-state index contributed by atoms with van der Waals surface area (Å²) in [5.41, 5.74) is 0.545. The minimum absolute atomic E-state index is 0.257. The van der Waals surface area contributed by atoms with Gasteiger partial charge in [-0.25, -0.2) is 4.79 Å². The largest absolute Gasteiger partial charge is 0.340 e. The molecule has 3 heterocycles. The van der Waals surface area contributed by atoms with Crippen molar-refractivity contribution < 1.29 is 19.2 Å². The third-order valence-corrected chi connectivity index (χ3v) is 7.36. The zero-order valence-corrected chi connectivity index (χ0v) is 20.3. The minimum Gasteiger partial charge on any atom is -0.340 e. The van der Waals surface area contributed by atoms with Crippen molar-refractivity contribution in [1.29, 1.82) is 0 Å². The summed E-state index contributed by atoms with van der Waals surface area (Å²) in [4.78, 5) is 52.1. The number of hydrogen-bond donors (Lipinski definition) is 5. The third-order valence-electron chi connectivity index (χ3n) is 5.79. The number of urea groups is 1. The Balaban J connectivity index is 1.45. The molecule has 186 valence electrons. The molecule has 0 aliphatic carbocycles. The molecule has 2 fully saturated rings. The lowest BCUT2D eigenvalue weighted by molar-refractivity contribution is -0.152. The number of nitrogens with one attached hydrogen (secondary N) is 5. The van der Waals surface area contributed by atoms with Crippen LogP contribution in [0.5, 0.6) is 0 Å². The van der Waals surface area contributed by atoms with E-state index in [0.717, 1.165) is 0 Å². The predicted octanol–water partition coefficient (Wildman–Crippen LogP) is -0.404. The van der Waals surface area contributed by atoms with E-state index in [1.807, 2.05) is 13.8 Å². The van der Waals surface area contributed by atoms with Crippen LogP contribution in [0.15, 0.2) is 30.3 Å². The van der Waals surface area contributed by atoms with E-state index in [9.17, 15) is 19.2 Å². The van der Waals surface area contributed by atoms with Gasteiger partial charge in [-0.3, -0.25) is 14.4 Å². The van der Waals surface area contributed by atoms with Crippen molar-refractivity contribution in [3.05, 3.63) is 41.7 Å². The standard InChI is InChI=1S/C21H27N9O4S/c1-4-22-20(34)23-10-12(31)24-13(11-8-6-5-7-9-11)17(32)25-14-18(33)30-15(16-26-28-29-27-16)21(2,3)35-19(14)30/h5-9,13-15,19H,4,10H2,1-3H3,(H,24,31)(H,25,32)(H2,22,23,34)(H,26,27,28,29)/t13-,14?,15?,19-/m1/s1. The first kappa shape index (κ1) is 24.4. The maximum Gasteiger partial charge on any atom is 0.315 e. The van der Waals surface area contributed by atoms with Gasteiger partial charge >= 0.3 is 6.03 Å². The highest BCUT2D eigenvalue weighted by atomic mass is 32.2.